The Hall–Kier alpha value is -1.70. The highest BCUT2D eigenvalue weighted by molar-refractivity contribution is 8.13. The van der Waals surface area contributed by atoms with Gasteiger partial charge in [0.05, 0.1) is 16.9 Å². The van der Waals surface area contributed by atoms with Crippen LogP contribution >= 0.6 is 11.8 Å². The van der Waals surface area contributed by atoms with E-state index < -0.39 is 11.7 Å². The quantitative estimate of drug-likeness (QED) is 0.865. The third-order valence-electron chi connectivity index (χ3n) is 3.38. The van der Waals surface area contributed by atoms with E-state index in [1.165, 1.54) is 11.8 Å². The first kappa shape index (κ1) is 16.7. The van der Waals surface area contributed by atoms with Gasteiger partial charge < -0.3 is 10.6 Å². The van der Waals surface area contributed by atoms with Crippen molar-refractivity contribution in [3.63, 3.8) is 0 Å². The molecule has 1 heterocycles. The minimum atomic E-state index is -4.49. The third kappa shape index (κ3) is 3.73. The Balaban J connectivity index is 2.21. The van der Waals surface area contributed by atoms with Crippen LogP contribution < -0.4 is 10.6 Å². The summed E-state index contributed by atoms with van der Waals surface area (Å²) in [6.45, 7) is 1.70. The molecule has 4 nitrogen and oxygen atoms in total. The van der Waals surface area contributed by atoms with Crippen molar-refractivity contribution in [2.24, 2.45) is 5.92 Å². The predicted molar refractivity (Wildman–Crippen MR) is 79.5 cm³/mol. The van der Waals surface area contributed by atoms with Crippen molar-refractivity contribution in [3.8, 4) is 0 Å². The molecule has 0 aromatic heterocycles. The van der Waals surface area contributed by atoms with Crippen LogP contribution in [0.2, 0.25) is 0 Å². The number of nitrogens with two attached hydrogens (primary N) is 1. The molecule has 0 bridgehead atoms. The van der Waals surface area contributed by atoms with Crippen molar-refractivity contribution < 1.29 is 22.8 Å². The number of benzene rings is 1. The van der Waals surface area contributed by atoms with E-state index >= 15 is 0 Å². The van der Waals surface area contributed by atoms with Gasteiger partial charge in [0.25, 0.3) is 0 Å². The highest BCUT2D eigenvalue weighted by Crippen LogP contribution is 2.37. The fourth-order valence-corrected chi connectivity index (χ4v) is 3.01. The lowest BCUT2D eigenvalue weighted by molar-refractivity contribution is -0.137. The number of thioether (sulfide) groups is 1. The average Bonchev–Trinajstić information content (AvgIpc) is 2.77. The third-order valence-corrected chi connectivity index (χ3v) is 4.42. The van der Waals surface area contributed by atoms with E-state index in [4.69, 9.17) is 5.73 Å². The second kappa shape index (κ2) is 6.20. The van der Waals surface area contributed by atoms with Gasteiger partial charge in [0.2, 0.25) is 5.91 Å². The lowest BCUT2D eigenvalue weighted by atomic mass is 10.1. The van der Waals surface area contributed by atoms with Crippen LogP contribution in [-0.2, 0) is 15.8 Å². The van der Waals surface area contributed by atoms with Gasteiger partial charge in [-0.25, -0.2) is 0 Å². The molecule has 1 aliphatic heterocycles. The zero-order valence-corrected chi connectivity index (χ0v) is 12.6. The van der Waals surface area contributed by atoms with Gasteiger partial charge in [-0.15, -0.1) is 0 Å². The van der Waals surface area contributed by atoms with Crippen LogP contribution in [0.3, 0.4) is 0 Å². The molecule has 1 aromatic rings. The van der Waals surface area contributed by atoms with Gasteiger partial charge in [-0.1, -0.05) is 11.8 Å². The van der Waals surface area contributed by atoms with E-state index in [0.29, 0.717) is 5.75 Å². The van der Waals surface area contributed by atoms with E-state index in [1.54, 1.807) is 0 Å². The molecule has 1 fully saturated rings. The summed E-state index contributed by atoms with van der Waals surface area (Å²) in [7, 11) is 0. The Bertz CT molecular complexity index is 604. The van der Waals surface area contributed by atoms with Gasteiger partial charge in [-0.3, -0.25) is 9.59 Å². The van der Waals surface area contributed by atoms with Crippen LogP contribution in [0.5, 0.6) is 0 Å². The smallest absolute Gasteiger partial charge is 0.397 e. The van der Waals surface area contributed by atoms with E-state index in [9.17, 15) is 22.8 Å². The summed E-state index contributed by atoms with van der Waals surface area (Å²) >= 11 is 1.11. The Morgan fingerprint density at radius 1 is 1.45 bits per heavy atom. The molecule has 0 spiro atoms. The predicted octanol–water partition coefficient (Wildman–Crippen LogP) is 2.92. The standard InChI is InChI=1S/C14H15F3N2O2S/c1-8(20)22-7-9-4-13(21)19(6-9)12-5-10(14(15,16)17)2-3-11(12)18/h2-3,5,9H,4,6-7,18H2,1H3. The molecule has 1 saturated heterocycles. The van der Waals surface area contributed by atoms with Crippen molar-refractivity contribution in [1.29, 1.82) is 0 Å². The summed E-state index contributed by atoms with van der Waals surface area (Å²) in [6.07, 6.45) is -4.29. The van der Waals surface area contributed by atoms with Gasteiger partial charge in [0.1, 0.15) is 0 Å². The lowest BCUT2D eigenvalue weighted by Gasteiger charge is -2.20. The monoisotopic (exact) mass is 332 g/mol. The van der Waals surface area contributed by atoms with Crippen molar-refractivity contribution >= 4 is 34.2 Å². The van der Waals surface area contributed by atoms with Gasteiger partial charge in [-0.05, 0) is 24.1 Å². The van der Waals surface area contributed by atoms with Crippen molar-refractivity contribution in [3.05, 3.63) is 23.8 Å². The van der Waals surface area contributed by atoms with E-state index in [1.807, 2.05) is 0 Å². The second-order valence-electron chi connectivity index (χ2n) is 5.15. The summed E-state index contributed by atoms with van der Waals surface area (Å²) in [5.74, 6) is 0.117. The molecular formula is C14H15F3N2O2S. The number of halogens is 3. The average molecular weight is 332 g/mol. The van der Waals surface area contributed by atoms with Crippen molar-refractivity contribution in [1.82, 2.24) is 0 Å². The maximum Gasteiger partial charge on any atom is 0.416 e. The van der Waals surface area contributed by atoms with Crippen LogP contribution in [0, 0.1) is 5.92 Å². The Morgan fingerprint density at radius 2 is 2.14 bits per heavy atom. The number of nitrogen functional groups attached to an aromatic ring is 1. The topological polar surface area (TPSA) is 63.4 Å². The lowest BCUT2D eigenvalue weighted by Crippen LogP contribution is -2.26. The molecule has 8 heteroatoms. The molecular weight excluding hydrogens is 317 g/mol. The summed E-state index contributed by atoms with van der Waals surface area (Å²) < 4.78 is 38.4. The number of amides is 1. The van der Waals surface area contributed by atoms with Gasteiger partial charge >= 0.3 is 6.18 Å². The van der Waals surface area contributed by atoms with Crippen LogP contribution in [0.15, 0.2) is 18.2 Å². The molecule has 1 aromatic carbocycles. The van der Waals surface area contributed by atoms with E-state index in [2.05, 4.69) is 0 Å². The Labute approximate surface area is 129 Å². The second-order valence-corrected chi connectivity index (χ2v) is 6.35. The SMILES string of the molecule is CC(=O)SCC1CC(=O)N(c2cc(C(F)(F)F)ccc2N)C1. The van der Waals surface area contributed by atoms with Gasteiger partial charge in [0.15, 0.2) is 5.12 Å². The highest BCUT2D eigenvalue weighted by Gasteiger charge is 2.35. The van der Waals surface area contributed by atoms with Crippen LogP contribution in [0.1, 0.15) is 18.9 Å². The van der Waals surface area contributed by atoms with Gasteiger partial charge in [-0.2, -0.15) is 13.2 Å². The van der Waals surface area contributed by atoms with Gasteiger partial charge in [0, 0.05) is 25.6 Å². The summed E-state index contributed by atoms with van der Waals surface area (Å²) in [5, 5.41) is -0.0514. The molecule has 0 aliphatic carbocycles. The van der Waals surface area contributed by atoms with E-state index in [-0.39, 0.29) is 41.3 Å². The maximum atomic E-state index is 12.8. The normalized spacial score (nSPS) is 18.8. The molecule has 22 heavy (non-hydrogen) atoms. The maximum absolute atomic E-state index is 12.8. The minimum absolute atomic E-state index is 0.0514. The highest BCUT2D eigenvalue weighted by atomic mass is 32.2. The number of rotatable bonds is 3. The zero-order chi connectivity index (χ0) is 16.5. The number of nitrogens with zero attached hydrogens (tertiary/aromatic N) is 1. The summed E-state index contributed by atoms with van der Waals surface area (Å²) in [4.78, 5) is 24.3. The number of carbonyl (C=O) groups is 2. The summed E-state index contributed by atoms with van der Waals surface area (Å²) in [5.41, 5.74) is 5.09. The van der Waals surface area contributed by atoms with Crippen LogP contribution in [0.4, 0.5) is 24.5 Å². The first-order valence-electron chi connectivity index (χ1n) is 6.59. The Kier molecular flexibility index (Phi) is 4.69. The number of hydrogen-bond acceptors (Lipinski definition) is 4. The molecule has 2 N–H and O–H groups in total. The number of anilines is 2. The molecule has 0 radical (unpaired) electrons. The van der Waals surface area contributed by atoms with E-state index in [0.717, 1.165) is 30.0 Å². The molecule has 2 rings (SSSR count). The first-order chi connectivity index (χ1) is 10.2. The molecule has 0 saturated carbocycles. The molecule has 1 amide bonds. The molecule has 120 valence electrons. The number of carbonyl (C=O) groups excluding carboxylic acids is 2. The Morgan fingerprint density at radius 3 is 2.73 bits per heavy atom. The number of hydrogen-bond donors (Lipinski definition) is 1. The molecule has 1 unspecified atom stereocenters. The fraction of sp³-hybridized carbons (Fsp3) is 0.429. The number of alkyl halides is 3. The fourth-order valence-electron chi connectivity index (χ4n) is 2.31. The summed E-state index contributed by atoms with van der Waals surface area (Å²) in [6, 6.07) is 2.94. The molecule has 1 aliphatic rings. The van der Waals surface area contributed by atoms with Crippen molar-refractivity contribution in [2.75, 3.05) is 22.9 Å². The zero-order valence-electron chi connectivity index (χ0n) is 11.8. The minimum Gasteiger partial charge on any atom is -0.397 e. The van der Waals surface area contributed by atoms with Crippen LogP contribution in [-0.4, -0.2) is 23.3 Å². The first-order valence-corrected chi connectivity index (χ1v) is 7.57. The largest absolute Gasteiger partial charge is 0.416 e. The van der Waals surface area contributed by atoms with Crippen molar-refractivity contribution in [2.45, 2.75) is 19.5 Å². The molecule has 1 atom stereocenters. The van der Waals surface area contributed by atoms with Crippen LogP contribution in [0.25, 0.3) is 0 Å².